The quantitative estimate of drug-likeness (QED) is 0.511. The summed E-state index contributed by atoms with van der Waals surface area (Å²) in [5, 5.41) is 10.4. The molecule has 0 fully saturated rings. The predicted octanol–water partition coefficient (Wildman–Crippen LogP) is 1.44. The minimum Gasteiger partial charge on any atom is -0.392 e. The molecule has 7 nitrogen and oxygen atoms in total. The molecule has 0 aromatic carbocycles. The number of alkyl halides is 2. The number of hydrogen-bond donors (Lipinski definition) is 1. The Kier molecular flexibility index (Phi) is 3.48. The number of aromatic nitrogens is 1. The maximum atomic E-state index is 12.5. The summed E-state index contributed by atoms with van der Waals surface area (Å²) in [4.78, 5) is 11.1. The SMILES string of the molecule is Nc1c([N+](=O)[O-])cnc(C(F)F)c1S(=O)(=O)Cl. The summed E-state index contributed by atoms with van der Waals surface area (Å²) < 4.78 is 47.0. The molecular weight excluding hydrogens is 284 g/mol. The Hall–Kier alpha value is -1.55. The number of anilines is 1. The van der Waals surface area contributed by atoms with Gasteiger partial charge in [-0.1, -0.05) is 0 Å². The van der Waals surface area contributed by atoms with Crippen LogP contribution in [0, 0.1) is 10.1 Å². The standard InChI is InChI=1S/C6H4ClF2N3O4S/c7-17(15,16)5-3(10)2(12(13)14)1-11-4(5)6(8)9/h1,6H,(H2,10,11). The molecule has 0 saturated heterocycles. The maximum Gasteiger partial charge on any atom is 0.311 e. The summed E-state index contributed by atoms with van der Waals surface area (Å²) in [6, 6.07) is 0. The summed E-state index contributed by atoms with van der Waals surface area (Å²) in [5.41, 5.74) is 2.04. The minimum atomic E-state index is -4.66. The number of nitro groups is 1. The molecule has 1 aromatic heterocycles. The number of hydrogen-bond acceptors (Lipinski definition) is 6. The first-order valence-corrected chi connectivity index (χ1v) is 6.12. The van der Waals surface area contributed by atoms with Crippen LogP contribution in [0.25, 0.3) is 0 Å². The van der Waals surface area contributed by atoms with Gasteiger partial charge in [0, 0.05) is 10.7 Å². The second-order valence-corrected chi connectivity index (χ2v) is 5.27. The van der Waals surface area contributed by atoms with E-state index < -0.39 is 42.4 Å². The molecule has 11 heteroatoms. The number of pyridine rings is 1. The van der Waals surface area contributed by atoms with E-state index >= 15 is 0 Å². The van der Waals surface area contributed by atoms with Crippen molar-refractivity contribution in [2.24, 2.45) is 0 Å². The molecule has 1 heterocycles. The van der Waals surface area contributed by atoms with Gasteiger partial charge in [0.05, 0.1) is 4.92 Å². The molecule has 1 rings (SSSR count). The van der Waals surface area contributed by atoms with Crippen LogP contribution in [0.15, 0.2) is 11.1 Å². The Morgan fingerprint density at radius 3 is 2.41 bits per heavy atom. The normalized spacial score (nSPS) is 11.8. The van der Waals surface area contributed by atoms with Crippen LogP contribution in [0.5, 0.6) is 0 Å². The first-order chi connectivity index (χ1) is 7.66. The molecule has 0 aliphatic rings. The van der Waals surface area contributed by atoms with Crippen LogP contribution in [-0.2, 0) is 9.05 Å². The van der Waals surface area contributed by atoms with Crippen molar-refractivity contribution >= 4 is 31.1 Å². The third-order valence-corrected chi connectivity index (χ3v) is 3.11. The van der Waals surface area contributed by atoms with Crippen molar-refractivity contribution in [2.45, 2.75) is 11.3 Å². The van der Waals surface area contributed by atoms with Crippen molar-refractivity contribution in [1.82, 2.24) is 4.98 Å². The van der Waals surface area contributed by atoms with Gasteiger partial charge in [-0.3, -0.25) is 10.1 Å². The molecule has 0 bridgehead atoms. The molecular formula is C6H4ClF2N3O4S. The fourth-order valence-corrected chi connectivity index (χ4v) is 2.32. The van der Waals surface area contributed by atoms with Gasteiger partial charge < -0.3 is 5.73 Å². The zero-order valence-corrected chi connectivity index (χ0v) is 9.37. The third kappa shape index (κ3) is 2.58. The largest absolute Gasteiger partial charge is 0.392 e. The summed E-state index contributed by atoms with van der Waals surface area (Å²) in [5.74, 6) is 0. The van der Waals surface area contributed by atoms with Gasteiger partial charge in [0.2, 0.25) is 0 Å². The first kappa shape index (κ1) is 13.5. The molecule has 94 valence electrons. The molecule has 2 N–H and O–H groups in total. The highest BCUT2D eigenvalue weighted by Gasteiger charge is 2.31. The summed E-state index contributed by atoms with van der Waals surface area (Å²) in [6.45, 7) is 0. The lowest BCUT2D eigenvalue weighted by Gasteiger charge is -2.07. The van der Waals surface area contributed by atoms with Crippen molar-refractivity contribution in [2.75, 3.05) is 5.73 Å². The van der Waals surface area contributed by atoms with E-state index in [9.17, 15) is 27.3 Å². The van der Waals surface area contributed by atoms with E-state index in [-0.39, 0.29) is 0 Å². The molecule has 0 spiro atoms. The Labute approximate surface area is 97.8 Å². The third-order valence-electron chi connectivity index (χ3n) is 1.73. The molecule has 0 amide bonds. The maximum absolute atomic E-state index is 12.5. The van der Waals surface area contributed by atoms with Gasteiger partial charge in [-0.25, -0.2) is 22.2 Å². The zero-order valence-electron chi connectivity index (χ0n) is 7.80. The molecule has 17 heavy (non-hydrogen) atoms. The van der Waals surface area contributed by atoms with Crippen molar-refractivity contribution in [3.63, 3.8) is 0 Å². The van der Waals surface area contributed by atoms with Gasteiger partial charge in [0.1, 0.15) is 22.5 Å². The summed E-state index contributed by atoms with van der Waals surface area (Å²) in [7, 11) is 0.221. The minimum absolute atomic E-state index is 0.447. The number of halogens is 3. The average Bonchev–Trinajstić information content (AvgIpc) is 2.14. The van der Waals surface area contributed by atoms with Crippen molar-refractivity contribution in [1.29, 1.82) is 0 Å². The fourth-order valence-electron chi connectivity index (χ4n) is 1.07. The average molecular weight is 288 g/mol. The summed E-state index contributed by atoms with van der Waals surface area (Å²) >= 11 is 0. The lowest BCUT2D eigenvalue weighted by molar-refractivity contribution is -0.384. The van der Waals surface area contributed by atoms with E-state index in [1.165, 1.54) is 0 Å². The summed E-state index contributed by atoms with van der Waals surface area (Å²) in [6.07, 6.45) is -2.83. The molecule has 0 radical (unpaired) electrons. The van der Waals surface area contributed by atoms with Gasteiger partial charge in [-0.2, -0.15) is 0 Å². The Balaban J connectivity index is 3.72. The highest BCUT2D eigenvalue weighted by Crippen LogP contribution is 2.36. The molecule has 0 aliphatic heterocycles. The van der Waals surface area contributed by atoms with Crippen molar-refractivity contribution < 1.29 is 22.1 Å². The predicted molar refractivity (Wildman–Crippen MR) is 53.3 cm³/mol. The first-order valence-electron chi connectivity index (χ1n) is 3.81. The Morgan fingerprint density at radius 1 is 1.53 bits per heavy atom. The van der Waals surface area contributed by atoms with Gasteiger partial charge in [0.25, 0.3) is 15.5 Å². The van der Waals surface area contributed by atoms with Gasteiger partial charge in [0.15, 0.2) is 0 Å². The van der Waals surface area contributed by atoms with Gasteiger partial charge >= 0.3 is 5.69 Å². The Morgan fingerprint density at radius 2 is 2.06 bits per heavy atom. The molecule has 0 atom stereocenters. The second kappa shape index (κ2) is 4.37. The van der Waals surface area contributed by atoms with E-state index in [0.29, 0.717) is 6.20 Å². The number of nitrogens with zero attached hydrogens (tertiary/aromatic N) is 2. The van der Waals surface area contributed by atoms with Crippen LogP contribution in [-0.4, -0.2) is 18.3 Å². The van der Waals surface area contributed by atoms with E-state index in [1.54, 1.807) is 0 Å². The zero-order chi connectivity index (χ0) is 13.4. The lowest BCUT2D eigenvalue weighted by atomic mass is 10.3. The van der Waals surface area contributed by atoms with Crippen LogP contribution in [0.4, 0.5) is 20.2 Å². The van der Waals surface area contributed by atoms with Crippen molar-refractivity contribution in [3.8, 4) is 0 Å². The topological polar surface area (TPSA) is 116 Å². The fraction of sp³-hybridized carbons (Fsp3) is 0.167. The van der Waals surface area contributed by atoms with E-state index in [4.69, 9.17) is 16.4 Å². The molecule has 0 aliphatic carbocycles. The van der Waals surface area contributed by atoms with E-state index in [2.05, 4.69) is 4.98 Å². The number of nitrogens with two attached hydrogens (primary N) is 1. The van der Waals surface area contributed by atoms with Gasteiger partial charge in [-0.05, 0) is 0 Å². The highest BCUT2D eigenvalue weighted by molar-refractivity contribution is 8.14. The van der Waals surface area contributed by atoms with Crippen LogP contribution in [0.1, 0.15) is 12.1 Å². The van der Waals surface area contributed by atoms with Crippen LogP contribution in [0.3, 0.4) is 0 Å². The monoisotopic (exact) mass is 287 g/mol. The number of nitrogen functional groups attached to an aromatic ring is 1. The van der Waals surface area contributed by atoms with Gasteiger partial charge in [-0.15, -0.1) is 0 Å². The van der Waals surface area contributed by atoms with E-state index in [1.807, 2.05) is 0 Å². The smallest absolute Gasteiger partial charge is 0.311 e. The molecule has 0 unspecified atom stereocenters. The van der Waals surface area contributed by atoms with Crippen molar-refractivity contribution in [3.05, 3.63) is 22.0 Å². The molecule has 0 saturated carbocycles. The van der Waals surface area contributed by atoms with E-state index in [0.717, 1.165) is 0 Å². The lowest BCUT2D eigenvalue weighted by Crippen LogP contribution is -2.09. The Bertz CT molecular complexity index is 577. The molecule has 1 aromatic rings. The van der Waals surface area contributed by atoms with Crippen LogP contribution >= 0.6 is 10.7 Å². The highest BCUT2D eigenvalue weighted by atomic mass is 35.7. The number of rotatable bonds is 3. The second-order valence-electron chi connectivity index (χ2n) is 2.77. The van der Waals surface area contributed by atoms with Crippen LogP contribution in [0.2, 0.25) is 0 Å². The van der Waals surface area contributed by atoms with Crippen LogP contribution < -0.4 is 5.73 Å².